The summed E-state index contributed by atoms with van der Waals surface area (Å²) in [7, 11) is 0. The predicted octanol–water partition coefficient (Wildman–Crippen LogP) is 4.19. The number of imidazole rings is 1. The molecule has 3 aromatic rings. The highest BCUT2D eigenvalue weighted by Crippen LogP contribution is 2.19. The van der Waals surface area contributed by atoms with Crippen LogP contribution < -0.4 is 0 Å². The van der Waals surface area contributed by atoms with E-state index in [1.54, 1.807) is 6.07 Å². The van der Waals surface area contributed by atoms with E-state index in [1.807, 2.05) is 22.8 Å². The van der Waals surface area contributed by atoms with Gasteiger partial charge in [-0.05, 0) is 42.4 Å². The van der Waals surface area contributed by atoms with Gasteiger partial charge < -0.3 is 9.55 Å². The number of aryl methyl sites for hydroxylation is 1. The number of rotatable bonds is 2. The zero-order chi connectivity index (χ0) is 13.4. The zero-order valence-electron chi connectivity index (χ0n) is 10.5. The second-order valence-electron chi connectivity index (χ2n) is 4.58. The van der Waals surface area contributed by atoms with Crippen LogP contribution in [0, 0.1) is 17.5 Å². The van der Waals surface area contributed by atoms with Gasteiger partial charge in [-0.1, -0.05) is 30.3 Å². The molecule has 3 rings (SSSR count). The molecule has 0 saturated heterocycles. The van der Waals surface area contributed by atoms with E-state index >= 15 is 0 Å². The van der Waals surface area contributed by atoms with E-state index in [9.17, 15) is 4.39 Å². The number of aromatic nitrogens is 2. The summed E-state index contributed by atoms with van der Waals surface area (Å²) in [6.07, 6.45) is 0. The molecule has 2 nitrogen and oxygen atoms in total. The number of para-hydroxylation sites is 1. The van der Waals surface area contributed by atoms with Crippen LogP contribution in [-0.4, -0.2) is 9.55 Å². The van der Waals surface area contributed by atoms with Crippen molar-refractivity contribution in [1.29, 1.82) is 0 Å². The van der Waals surface area contributed by atoms with Gasteiger partial charge in [-0.15, -0.1) is 0 Å². The van der Waals surface area contributed by atoms with Gasteiger partial charge in [0.1, 0.15) is 11.3 Å². The van der Waals surface area contributed by atoms with Crippen LogP contribution in [0.4, 0.5) is 4.39 Å². The maximum atomic E-state index is 13.7. The van der Waals surface area contributed by atoms with Crippen molar-refractivity contribution in [1.82, 2.24) is 9.55 Å². The standard InChI is InChI=1S/C15H13FN2S/c1-10-5-2-3-6-11(10)9-18-13-8-4-7-12(16)14(13)17-15(18)19/h2-8H,9H2,1H3,(H,17,19). The van der Waals surface area contributed by atoms with E-state index in [2.05, 4.69) is 24.0 Å². The predicted molar refractivity (Wildman–Crippen MR) is 77.4 cm³/mol. The smallest absolute Gasteiger partial charge is 0.178 e. The summed E-state index contributed by atoms with van der Waals surface area (Å²) < 4.78 is 16.2. The number of halogens is 1. The fourth-order valence-corrected chi connectivity index (χ4v) is 2.53. The van der Waals surface area contributed by atoms with Crippen molar-refractivity contribution in [3.63, 3.8) is 0 Å². The first-order valence-electron chi connectivity index (χ1n) is 6.08. The molecule has 1 N–H and O–H groups in total. The number of nitrogens with zero attached hydrogens (tertiary/aromatic N) is 1. The van der Waals surface area contributed by atoms with Crippen molar-refractivity contribution < 1.29 is 4.39 Å². The lowest BCUT2D eigenvalue weighted by Crippen LogP contribution is -2.01. The van der Waals surface area contributed by atoms with Crippen LogP contribution in [0.15, 0.2) is 42.5 Å². The van der Waals surface area contributed by atoms with E-state index in [4.69, 9.17) is 12.2 Å². The summed E-state index contributed by atoms with van der Waals surface area (Å²) in [5, 5.41) is 0. The minimum atomic E-state index is -0.271. The molecule has 1 aromatic heterocycles. The summed E-state index contributed by atoms with van der Waals surface area (Å²) in [5.41, 5.74) is 3.66. The summed E-state index contributed by atoms with van der Waals surface area (Å²) in [6, 6.07) is 13.2. The van der Waals surface area contributed by atoms with Gasteiger partial charge in [0.2, 0.25) is 0 Å². The van der Waals surface area contributed by atoms with Gasteiger partial charge in [0.05, 0.1) is 12.1 Å². The second kappa shape index (κ2) is 4.63. The number of nitrogens with one attached hydrogen (secondary N) is 1. The molecule has 0 aliphatic rings. The number of hydrogen-bond acceptors (Lipinski definition) is 1. The lowest BCUT2D eigenvalue weighted by molar-refractivity contribution is 0.637. The van der Waals surface area contributed by atoms with Gasteiger partial charge in [-0.3, -0.25) is 0 Å². The van der Waals surface area contributed by atoms with Crippen molar-refractivity contribution in [3.8, 4) is 0 Å². The highest BCUT2D eigenvalue weighted by Gasteiger charge is 2.09. The molecule has 0 aliphatic heterocycles. The van der Waals surface area contributed by atoms with Gasteiger partial charge in [0.15, 0.2) is 4.77 Å². The van der Waals surface area contributed by atoms with Gasteiger partial charge in [-0.25, -0.2) is 4.39 Å². The Balaban J connectivity index is 2.16. The zero-order valence-corrected chi connectivity index (χ0v) is 11.3. The Morgan fingerprint density at radius 2 is 1.95 bits per heavy atom. The second-order valence-corrected chi connectivity index (χ2v) is 4.96. The Hall–Kier alpha value is -1.94. The van der Waals surface area contributed by atoms with E-state index < -0.39 is 0 Å². The Morgan fingerprint density at radius 1 is 1.16 bits per heavy atom. The highest BCUT2D eigenvalue weighted by atomic mass is 32.1. The average molecular weight is 272 g/mol. The molecule has 96 valence electrons. The van der Waals surface area contributed by atoms with Crippen molar-refractivity contribution in [2.75, 3.05) is 0 Å². The summed E-state index contributed by atoms with van der Waals surface area (Å²) in [4.78, 5) is 2.94. The molecule has 0 amide bonds. The molecule has 0 aliphatic carbocycles. The Morgan fingerprint density at radius 3 is 2.74 bits per heavy atom. The monoisotopic (exact) mass is 272 g/mol. The van der Waals surface area contributed by atoms with Crippen LogP contribution in [0.1, 0.15) is 11.1 Å². The molecule has 0 bridgehead atoms. The van der Waals surface area contributed by atoms with Crippen molar-refractivity contribution in [3.05, 3.63) is 64.2 Å². The molecule has 1 heterocycles. The Labute approximate surface area is 115 Å². The van der Waals surface area contributed by atoms with E-state index in [0.717, 1.165) is 5.52 Å². The largest absolute Gasteiger partial charge is 0.328 e. The lowest BCUT2D eigenvalue weighted by atomic mass is 10.1. The summed E-state index contributed by atoms with van der Waals surface area (Å²) in [5.74, 6) is -0.271. The van der Waals surface area contributed by atoms with E-state index in [1.165, 1.54) is 17.2 Å². The third-order valence-electron chi connectivity index (χ3n) is 3.35. The number of aromatic amines is 1. The third-order valence-corrected chi connectivity index (χ3v) is 3.67. The minimum absolute atomic E-state index is 0.271. The molecule has 0 saturated carbocycles. The normalized spacial score (nSPS) is 11.1. The lowest BCUT2D eigenvalue weighted by Gasteiger charge is -2.07. The maximum absolute atomic E-state index is 13.7. The highest BCUT2D eigenvalue weighted by molar-refractivity contribution is 7.71. The topological polar surface area (TPSA) is 20.7 Å². The molecule has 2 aromatic carbocycles. The van der Waals surface area contributed by atoms with Gasteiger partial charge >= 0.3 is 0 Å². The maximum Gasteiger partial charge on any atom is 0.178 e. The Bertz CT molecular complexity index is 801. The van der Waals surface area contributed by atoms with E-state index in [0.29, 0.717) is 16.8 Å². The SMILES string of the molecule is Cc1ccccc1Cn1c(=S)[nH]c2c(F)cccc21. The molecule has 4 heteroatoms. The van der Waals surface area contributed by atoms with Crippen LogP contribution >= 0.6 is 12.2 Å². The molecule has 0 fully saturated rings. The molecule has 19 heavy (non-hydrogen) atoms. The number of benzene rings is 2. The number of fused-ring (bicyclic) bond motifs is 1. The molecule has 0 atom stereocenters. The van der Waals surface area contributed by atoms with Crippen LogP contribution in [0.2, 0.25) is 0 Å². The van der Waals surface area contributed by atoms with Crippen molar-refractivity contribution in [2.45, 2.75) is 13.5 Å². The van der Waals surface area contributed by atoms with Gasteiger partial charge in [0.25, 0.3) is 0 Å². The van der Waals surface area contributed by atoms with Crippen molar-refractivity contribution in [2.24, 2.45) is 0 Å². The van der Waals surface area contributed by atoms with Crippen LogP contribution in [0.5, 0.6) is 0 Å². The fraction of sp³-hybridized carbons (Fsp3) is 0.133. The fourth-order valence-electron chi connectivity index (χ4n) is 2.26. The molecule has 0 radical (unpaired) electrons. The number of hydrogen-bond donors (Lipinski definition) is 1. The average Bonchev–Trinajstić information content (AvgIpc) is 2.71. The minimum Gasteiger partial charge on any atom is -0.328 e. The van der Waals surface area contributed by atoms with Gasteiger partial charge in [0, 0.05) is 0 Å². The van der Waals surface area contributed by atoms with E-state index in [-0.39, 0.29) is 5.82 Å². The molecule has 0 spiro atoms. The van der Waals surface area contributed by atoms with Crippen molar-refractivity contribution >= 4 is 23.3 Å². The quantitative estimate of drug-likeness (QED) is 0.694. The molecular formula is C15H13FN2S. The molecule has 0 unspecified atom stereocenters. The van der Waals surface area contributed by atoms with Crippen LogP contribution in [0.3, 0.4) is 0 Å². The Kier molecular flexibility index (Phi) is 2.95. The first kappa shape index (κ1) is 12.1. The summed E-state index contributed by atoms with van der Waals surface area (Å²) >= 11 is 5.30. The molecular weight excluding hydrogens is 259 g/mol. The first-order valence-corrected chi connectivity index (χ1v) is 6.49. The third kappa shape index (κ3) is 2.08. The first-order chi connectivity index (χ1) is 9.16. The number of H-pyrrole nitrogens is 1. The van der Waals surface area contributed by atoms with Crippen LogP contribution in [-0.2, 0) is 6.54 Å². The van der Waals surface area contributed by atoms with Crippen LogP contribution in [0.25, 0.3) is 11.0 Å². The van der Waals surface area contributed by atoms with Gasteiger partial charge in [-0.2, -0.15) is 0 Å². The summed E-state index contributed by atoms with van der Waals surface area (Å²) in [6.45, 7) is 2.71.